The highest BCUT2D eigenvalue weighted by Gasteiger charge is 1.99. The van der Waals surface area contributed by atoms with Crippen LogP contribution in [0.25, 0.3) is 0 Å². The van der Waals surface area contributed by atoms with Gasteiger partial charge in [-0.25, -0.2) is 0 Å². The Bertz CT molecular complexity index is 292. The number of carboxylic acid groups (broad SMARTS) is 1. The maximum atomic E-state index is 10.2. The molecule has 12 heavy (non-hydrogen) atoms. The van der Waals surface area contributed by atoms with Gasteiger partial charge in [-0.3, -0.25) is 4.79 Å². The molecule has 1 N–H and O–H groups in total. The summed E-state index contributed by atoms with van der Waals surface area (Å²) < 4.78 is 0. The minimum Gasteiger partial charge on any atom is -0.481 e. The van der Waals surface area contributed by atoms with Gasteiger partial charge >= 0.3 is 5.97 Å². The molecule has 0 heterocycles. The zero-order valence-electron chi connectivity index (χ0n) is 6.23. The third kappa shape index (κ3) is 2.16. The number of hydrogen-bond acceptors (Lipinski definition) is 3. The Kier molecular flexibility index (Phi) is 2.53. The summed E-state index contributed by atoms with van der Waals surface area (Å²) in [4.78, 5) is 20.2. The van der Waals surface area contributed by atoms with Crippen LogP contribution in [-0.4, -0.2) is 11.1 Å². The molecule has 0 radical (unpaired) electrons. The first-order chi connectivity index (χ1) is 5.72. The largest absolute Gasteiger partial charge is 0.481 e. The molecule has 0 aliphatic carbocycles. The standard InChI is InChI=1S/C8H7NO3/c10-8(11)5-6-1-3-7(9-12)4-2-6/h1-4H,5H2,(H,10,11). The van der Waals surface area contributed by atoms with Gasteiger partial charge in [-0.1, -0.05) is 12.1 Å². The highest BCUT2D eigenvalue weighted by molar-refractivity contribution is 5.70. The molecular formula is C8H7NO3. The van der Waals surface area contributed by atoms with E-state index in [4.69, 9.17) is 5.11 Å². The molecule has 4 nitrogen and oxygen atoms in total. The zero-order valence-corrected chi connectivity index (χ0v) is 6.23. The summed E-state index contributed by atoms with van der Waals surface area (Å²) >= 11 is 0. The fourth-order valence-corrected chi connectivity index (χ4v) is 0.849. The van der Waals surface area contributed by atoms with E-state index in [1.165, 1.54) is 12.1 Å². The maximum Gasteiger partial charge on any atom is 0.307 e. The number of rotatable bonds is 3. The van der Waals surface area contributed by atoms with Crippen LogP contribution in [0.15, 0.2) is 29.4 Å². The summed E-state index contributed by atoms with van der Waals surface area (Å²) in [7, 11) is 0. The van der Waals surface area contributed by atoms with Gasteiger partial charge in [0.2, 0.25) is 0 Å². The second-order valence-corrected chi connectivity index (χ2v) is 2.33. The van der Waals surface area contributed by atoms with Crippen molar-refractivity contribution in [1.82, 2.24) is 0 Å². The molecule has 0 aliphatic heterocycles. The molecule has 0 saturated carbocycles. The Morgan fingerprint density at radius 1 is 1.33 bits per heavy atom. The van der Waals surface area contributed by atoms with E-state index in [2.05, 4.69) is 5.18 Å². The average molecular weight is 165 g/mol. The van der Waals surface area contributed by atoms with Gasteiger partial charge in [-0.05, 0) is 22.9 Å². The summed E-state index contributed by atoms with van der Waals surface area (Å²) in [5, 5.41) is 11.1. The quantitative estimate of drug-likeness (QED) is 0.693. The fourth-order valence-electron chi connectivity index (χ4n) is 0.849. The van der Waals surface area contributed by atoms with Crippen molar-refractivity contribution in [2.24, 2.45) is 5.18 Å². The summed E-state index contributed by atoms with van der Waals surface area (Å²) in [5.74, 6) is -0.887. The number of hydrogen-bond donors (Lipinski definition) is 1. The van der Waals surface area contributed by atoms with E-state index in [9.17, 15) is 9.70 Å². The van der Waals surface area contributed by atoms with Crippen LogP contribution < -0.4 is 0 Å². The zero-order chi connectivity index (χ0) is 8.97. The van der Waals surface area contributed by atoms with Crippen molar-refractivity contribution in [2.75, 3.05) is 0 Å². The second-order valence-electron chi connectivity index (χ2n) is 2.33. The molecule has 0 fully saturated rings. The first kappa shape index (κ1) is 8.39. The first-order valence-corrected chi connectivity index (χ1v) is 3.36. The van der Waals surface area contributed by atoms with Gasteiger partial charge in [-0.15, -0.1) is 4.91 Å². The van der Waals surface area contributed by atoms with Gasteiger partial charge in [0.15, 0.2) is 0 Å². The van der Waals surface area contributed by atoms with Gasteiger partial charge in [0.1, 0.15) is 5.69 Å². The molecule has 0 aliphatic rings. The van der Waals surface area contributed by atoms with E-state index >= 15 is 0 Å². The van der Waals surface area contributed by atoms with Gasteiger partial charge in [-0.2, -0.15) is 0 Å². The Hall–Kier alpha value is -1.71. The summed E-state index contributed by atoms with van der Waals surface area (Å²) in [5.41, 5.74) is 0.971. The first-order valence-electron chi connectivity index (χ1n) is 3.36. The minimum atomic E-state index is -0.887. The topological polar surface area (TPSA) is 66.7 Å². The lowest BCUT2D eigenvalue weighted by molar-refractivity contribution is -0.136. The lowest BCUT2D eigenvalue weighted by atomic mass is 10.1. The third-order valence-electron chi connectivity index (χ3n) is 1.40. The highest BCUT2D eigenvalue weighted by Crippen LogP contribution is 2.12. The highest BCUT2D eigenvalue weighted by atomic mass is 16.4. The van der Waals surface area contributed by atoms with Gasteiger partial charge < -0.3 is 5.11 Å². The molecule has 0 amide bonds. The predicted molar refractivity (Wildman–Crippen MR) is 43.2 cm³/mol. The molecule has 1 aromatic rings. The molecule has 0 aromatic heterocycles. The molecule has 1 aromatic carbocycles. The number of carbonyl (C=O) groups is 1. The number of benzene rings is 1. The van der Waals surface area contributed by atoms with E-state index in [0.717, 1.165) is 0 Å². The van der Waals surface area contributed by atoms with Crippen LogP contribution in [0.4, 0.5) is 5.69 Å². The van der Waals surface area contributed by atoms with Crippen LogP contribution in [0.5, 0.6) is 0 Å². The molecule has 0 spiro atoms. The monoisotopic (exact) mass is 165 g/mol. The van der Waals surface area contributed by atoms with Crippen molar-refractivity contribution in [2.45, 2.75) is 6.42 Å². The van der Waals surface area contributed by atoms with Gasteiger partial charge in [0.05, 0.1) is 6.42 Å². The van der Waals surface area contributed by atoms with Crippen LogP contribution in [-0.2, 0) is 11.2 Å². The maximum absolute atomic E-state index is 10.2. The second kappa shape index (κ2) is 3.61. The number of nitroso groups, excluding NO2 is 1. The SMILES string of the molecule is O=Nc1ccc(CC(=O)O)cc1. The smallest absolute Gasteiger partial charge is 0.307 e. The fraction of sp³-hybridized carbons (Fsp3) is 0.125. The van der Waals surface area contributed by atoms with Crippen molar-refractivity contribution in [3.05, 3.63) is 34.7 Å². The summed E-state index contributed by atoms with van der Waals surface area (Å²) in [6.07, 6.45) is -0.0286. The molecule has 0 unspecified atom stereocenters. The molecule has 62 valence electrons. The predicted octanol–water partition coefficient (Wildman–Crippen LogP) is 1.71. The van der Waals surface area contributed by atoms with Crippen LogP contribution in [0, 0.1) is 4.91 Å². The average Bonchev–Trinajstić information content (AvgIpc) is 2.05. The summed E-state index contributed by atoms with van der Waals surface area (Å²) in [6, 6.07) is 6.13. The van der Waals surface area contributed by atoms with Crippen molar-refractivity contribution in [3.63, 3.8) is 0 Å². The molecule has 0 atom stereocenters. The van der Waals surface area contributed by atoms with E-state index in [0.29, 0.717) is 11.3 Å². The van der Waals surface area contributed by atoms with E-state index < -0.39 is 5.97 Å². The molecule has 4 heteroatoms. The number of aliphatic carboxylic acids is 1. The van der Waals surface area contributed by atoms with E-state index in [1.54, 1.807) is 12.1 Å². The molecule has 1 rings (SSSR count). The van der Waals surface area contributed by atoms with Gasteiger partial charge in [0.25, 0.3) is 0 Å². The lowest BCUT2D eigenvalue weighted by Gasteiger charge is -1.94. The van der Waals surface area contributed by atoms with E-state index in [-0.39, 0.29) is 6.42 Å². The van der Waals surface area contributed by atoms with E-state index in [1.807, 2.05) is 0 Å². The van der Waals surface area contributed by atoms with Crippen LogP contribution >= 0.6 is 0 Å². The van der Waals surface area contributed by atoms with Crippen molar-refractivity contribution in [1.29, 1.82) is 0 Å². The normalized spacial score (nSPS) is 9.33. The van der Waals surface area contributed by atoms with Crippen LogP contribution in [0.3, 0.4) is 0 Å². The Balaban J connectivity index is 2.77. The van der Waals surface area contributed by atoms with Crippen molar-refractivity contribution >= 4 is 11.7 Å². The minimum absolute atomic E-state index is 0.0286. The summed E-state index contributed by atoms with van der Waals surface area (Å²) in [6.45, 7) is 0. The van der Waals surface area contributed by atoms with Crippen molar-refractivity contribution in [3.8, 4) is 0 Å². The Morgan fingerprint density at radius 3 is 2.33 bits per heavy atom. The van der Waals surface area contributed by atoms with Crippen LogP contribution in [0.2, 0.25) is 0 Å². The molecular weight excluding hydrogens is 158 g/mol. The van der Waals surface area contributed by atoms with Crippen LogP contribution in [0.1, 0.15) is 5.56 Å². The molecule has 0 bridgehead atoms. The molecule has 0 saturated heterocycles. The van der Waals surface area contributed by atoms with Crippen molar-refractivity contribution < 1.29 is 9.90 Å². The third-order valence-corrected chi connectivity index (χ3v) is 1.40. The van der Waals surface area contributed by atoms with Gasteiger partial charge in [0, 0.05) is 0 Å². The Labute approximate surface area is 68.8 Å². The Morgan fingerprint density at radius 2 is 1.92 bits per heavy atom. The number of carboxylic acids is 1. The number of nitrogens with zero attached hydrogens (tertiary/aromatic N) is 1. The lowest BCUT2D eigenvalue weighted by Crippen LogP contribution is -1.98.